The van der Waals surface area contributed by atoms with Crippen LogP contribution in [0.5, 0.6) is 5.75 Å². The number of methoxy groups -OCH3 is 1. The van der Waals surface area contributed by atoms with E-state index in [0.717, 1.165) is 13.2 Å². The Hall–Kier alpha value is -2.02. The lowest BCUT2D eigenvalue weighted by atomic mass is 10.1. The van der Waals surface area contributed by atoms with Crippen LogP contribution in [0.2, 0.25) is 0 Å². The van der Waals surface area contributed by atoms with Gasteiger partial charge in [-0.1, -0.05) is 24.3 Å². The molecule has 0 aliphatic heterocycles. The number of nitrogens with one attached hydrogen (secondary N) is 1. The highest BCUT2D eigenvalue weighted by atomic mass is 19.4. The summed E-state index contributed by atoms with van der Waals surface area (Å²) in [5.74, 6) is -1.17. The SMILES string of the molecule is C=CCNC(C(=O)OC)c1ccccc1OC(F)(F)F. The molecule has 0 saturated carbocycles. The number of benzene rings is 1. The van der Waals surface area contributed by atoms with Gasteiger partial charge in [-0.05, 0) is 6.07 Å². The van der Waals surface area contributed by atoms with E-state index in [2.05, 4.69) is 21.4 Å². The zero-order valence-electron chi connectivity index (χ0n) is 10.7. The Balaban J connectivity index is 3.11. The molecule has 0 aromatic heterocycles. The normalized spacial score (nSPS) is 12.6. The first kappa shape index (κ1) is 16.0. The molecular formula is C13H14F3NO3. The summed E-state index contributed by atoms with van der Waals surface area (Å²) in [6.07, 6.45) is -3.36. The van der Waals surface area contributed by atoms with Gasteiger partial charge in [-0.3, -0.25) is 5.32 Å². The van der Waals surface area contributed by atoms with Crippen LogP contribution in [0.4, 0.5) is 13.2 Å². The Morgan fingerprint density at radius 1 is 1.45 bits per heavy atom. The third-order valence-electron chi connectivity index (χ3n) is 2.36. The third kappa shape index (κ3) is 4.58. The minimum Gasteiger partial charge on any atom is -0.468 e. The van der Waals surface area contributed by atoms with Crippen molar-refractivity contribution in [1.82, 2.24) is 5.32 Å². The number of carbonyl (C=O) groups is 1. The van der Waals surface area contributed by atoms with Gasteiger partial charge >= 0.3 is 12.3 Å². The smallest absolute Gasteiger partial charge is 0.468 e. The van der Waals surface area contributed by atoms with Crippen LogP contribution in [0.3, 0.4) is 0 Å². The lowest BCUT2D eigenvalue weighted by Crippen LogP contribution is -2.31. The van der Waals surface area contributed by atoms with E-state index in [1.165, 1.54) is 24.3 Å². The number of hydrogen-bond donors (Lipinski definition) is 1. The van der Waals surface area contributed by atoms with Gasteiger partial charge in [0.15, 0.2) is 0 Å². The van der Waals surface area contributed by atoms with Gasteiger partial charge in [0.25, 0.3) is 0 Å². The van der Waals surface area contributed by atoms with Gasteiger partial charge < -0.3 is 9.47 Å². The number of esters is 1. The molecule has 1 N–H and O–H groups in total. The highest BCUT2D eigenvalue weighted by molar-refractivity contribution is 5.78. The molecule has 0 aliphatic carbocycles. The molecule has 0 heterocycles. The van der Waals surface area contributed by atoms with Crippen LogP contribution in [0.15, 0.2) is 36.9 Å². The lowest BCUT2D eigenvalue weighted by Gasteiger charge is -2.19. The minimum atomic E-state index is -4.84. The molecular weight excluding hydrogens is 275 g/mol. The molecule has 1 aromatic carbocycles. The van der Waals surface area contributed by atoms with Crippen molar-refractivity contribution in [3.63, 3.8) is 0 Å². The van der Waals surface area contributed by atoms with Gasteiger partial charge in [-0.25, -0.2) is 4.79 Å². The first-order valence-corrected chi connectivity index (χ1v) is 5.66. The van der Waals surface area contributed by atoms with E-state index in [0.29, 0.717) is 0 Å². The van der Waals surface area contributed by atoms with E-state index in [1.54, 1.807) is 0 Å². The molecule has 110 valence electrons. The molecule has 20 heavy (non-hydrogen) atoms. The molecule has 0 aliphatic rings. The van der Waals surface area contributed by atoms with Crippen LogP contribution in [0.25, 0.3) is 0 Å². The monoisotopic (exact) mass is 289 g/mol. The first-order valence-electron chi connectivity index (χ1n) is 5.66. The van der Waals surface area contributed by atoms with Crippen LogP contribution in [-0.4, -0.2) is 26.0 Å². The molecule has 1 atom stereocenters. The quantitative estimate of drug-likeness (QED) is 0.646. The van der Waals surface area contributed by atoms with Crippen LogP contribution in [-0.2, 0) is 9.53 Å². The lowest BCUT2D eigenvalue weighted by molar-refractivity contribution is -0.275. The van der Waals surface area contributed by atoms with Crippen molar-refractivity contribution in [2.24, 2.45) is 0 Å². The molecule has 0 amide bonds. The van der Waals surface area contributed by atoms with E-state index in [1.807, 2.05) is 0 Å². The number of ether oxygens (including phenoxy) is 2. The average Bonchev–Trinajstić information content (AvgIpc) is 2.38. The van der Waals surface area contributed by atoms with Gasteiger partial charge in [-0.2, -0.15) is 0 Å². The zero-order valence-corrected chi connectivity index (χ0v) is 10.7. The summed E-state index contributed by atoms with van der Waals surface area (Å²) < 4.78 is 45.5. The molecule has 0 fully saturated rings. The van der Waals surface area contributed by atoms with Crippen molar-refractivity contribution in [2.75, 3.05) is 13.7 Å². The maximum absolute atomic E-state index is 12.3. The number of halogens is 3. The van der Waals surface area contributed by atoms with Gasteiger partial charge in [0, 0.05) is 12.1 Å². The maximum atomic E-state index is 12.3. The topological polar surface area (TPSA) is 47.6 Å². The van der Waals surface area contributed by atoms with Crippen molar-refractivity contribution >= 4 is 5.97 Å². The molecule has 0 radical (unpaired) electrons. The van der Waals surface area contributed by atoms with Crippen molar-refractivity contribution in [3.8, 4) is 5.75 Å². The largest absolute Gasteiger partial charge is 0.573 e. The van der Waals surface area contributed by atoms with Gasteiger partial charge in [0.2, 0.25) is 0 Å². The fraction of sp³-hybridized carbons (Fsp3) is 0.308. The summed E-state index contributed by atoms with van der Waals surface area (Å²) in [6, 6.07) is 4.31. The van der Waals surface area contributed by atoms with Crippen molar-refractivity contribution in [3.05, 3.63) is 42.5 Å². The molecule has 4 nitrogen and oxygen atoms in total. The molecule has 7 heteroatoms. The first-order chi connectivity index (χ1) is 9.39. The summed E-state index contributed by atoms with van der Waals surface area (Å²) in [4.78, 5) is 11.7. The van der Waals surface area contributed by atoms with E-state index in [9.17, 15) is 18.0 Å². The summed E-state index contributed by atoms with van der Waals surface area (Å²) >= 11 is 0. The second kappa shape index (κ2) is 6.95. The molecule has 1 aromatic rings. The van der Waals surface area contributed by atoms with Crippen LogP contribution in [0, 0.1) is 0 Å². The van der Waals surface area contributed by atoms with Crippen LogP contribution >= 0.6 is 0 Å². The molecule has 0 saturated heterocycles. The molecule has 0 bridgehead atoms. The standard InChI is InChI=1S/C13H14F3NO3/c1-3-8-17-11(12(18)19-2)9-6-4-5-7-10(9)20-13(14,15)16/h3-7,11,17H,1,8H2,2H3. The summed E-state index contributed by atoms with van der Waals surface area (Å²) in [5.41, 5.74) is 0.0403. The predicted octanol–water partition coefficient (Wildman–Crippen LogP) is 2.57. The molecule has 1 rings (SSSR count). The fourth-order valence-electron chi connectivity index (χ4n) is 1.58. The van der Waals surface area contributed by atoms with Crippen molar-refractivity contribution in [1.29, 1.82) is 0 Å². The molecule has 1 unspecified atom stereocenters. The zero-order chi connectivity index (χ0) is 15.2. The third-order valence-corrected chi connectivity index (χ3v) is 2.36. The van der Waals surface area contributed by atoms with Crippen LogP contribution < -0.4 is 10.1 Å². The summed E-state index contributed by atoms with van der Waals surface area (Å²) in [6.45, 7) is 3.69. The Morgan fingerprint density at radius 2 is 2.10 bits per heavy atom. The second-order valence-corrected chi connectivity index (χ2v) is 3.74. The summed E-state index contributed by atoms with van der Waals surface area (Å²) in [5, 5.41) is 2.72. The van der Waals surface area contributed by atoms with Crippen LogP contribution in [0.1, 0.15) is 11.6 Å². The highest BCUT2D eigenvalue weighted by Gasteiger charge is 2.34. The number of rotatable bonds is 6. The molecule has 0 spiro atoms. The van der Waals surface area contributed by atoms with Crippen molar-refractivity contribution < 1.29 is 27.4 Å². The Kier molecular flexibility index (Phi) is 5.57. The highest BCUT2D eigenvalue weighted by Crippen LogP contribution is 2.30. The number of hydrogen-bond acceptors (Lipinski definition) is 4. The summed E-state index contributed by atoms with van der Waals surface area (Å²) in [7, 11) is 1.15. The number of carbonyl (C=O) groups excluding carboxylic acids is 1. The van der Waals surface area contributed by atoms with Crippen molar-refractivity contribution in [2.45, 2.75) is 12.4 Å². The van der Waals surface area contributed by atoms with Gasteiger partial charge in [0.05, 0.1) is 7.11 Å². The van der Waals surface area contributed by atoms with Gasteiger partial charge in [0.1, 0.15) is 11.8 Å². The van der Waals surface area contributed by atoms with E-state index in [4.69, 9.17) is 0 Å². The Morgan fingerprint density at radius 3 is 2.65 bits per heavy atom. The number of alkyl halides is 3. The van der Waals surface area contributed by atoms with Gasteiger partial charge in [-0.15, -0.1) is 19.8 Å². The minimum absolute atomic E-state index is 0.0403. The maximum Gasteiger partial charge on any atom is 0.573 e. The van der Waals surface area contributed by atoms with E-state index in [-0.39, 0.29) is 12.1 Å². The fourth-order valence-corrected chi connectivity index (χ4v) is 1.58. The second-order valence-electron chi connectivity index (χ2n) is 3.74. The van der Waals surface area contributed by atoms with E-state index < -0.39 is 24.1 Å². The average molecular weight is 289 g/mol. The Labute approximate surface area is 114 Å². The Bertz CT molecular complexity index is 474. The van der Waals surface area contributed by atoms with E-state index >= 15 is 0 Å². The predicted molar refractivity (Wildman–Crippen MR) is 66.1 cm³/mol. The number of para-hydroxylation sites is 1.